The van der Waals surface area contributed by atoms with E-state index in [9.17, 15) is 0 Å². The van der Waals surface area contributed by atoms with E-state index in [1.165, 1.54) is 0 Å². The molecule has 0 aliphatic heterocycles. The minimum Gasteiger partial charge on any atom is -0.508 e. The lowest BCUT2D eigenvalue weighted by Crippen LogP contribution is -1.68. The van der Waals surface area contributed by atoms with Gasteiger partial charge in [-0.05, 0) is 24.6 Å². The molecule has 0 aromatic carbocycles. The predicted octanol–water partition coefficient (Wildman–Crippen LogP) is 2.20. The van der Waals surface area contributed by atoms with E-state index in [2.05, 4.69) is 12.6 Å². The van der Waals surface area contributed by atoms with E-state index < -0.39 is 0 Å². The first-order valence-corrected chi connectivity index (χ1v) is 3.20. The molecule has 0 saturated heterocycles. The van der Waals surface area contributed by atoms with Crippen molar-refractivity contribution >= 4 is 12.6 Å². The second-order valence-electron chi connectivity index (χ2n) is 1.83. The van der Waals surface area contributed by atoms with Crippen LogP contribution in [-0.2, 0) is 0 Å². The Hall–Kier alpha value is -0.630. The van der Waals surface area contributed by atoms with Gasteiger partial charge in [0.1, 0.15) is 5.76 Å². The zero-order valence-electron chi connectivity index (χ0n) is 4.91. The van der Waals surface area contributed by atoms with Gasteiger partial charge < -0.3 is 5.11 Å². The molecule has 0 saturated carbocycles. The fourth-order valence-electron chi connectivity index (χ4n) is 0.607. The van der Waals surface area contributed by atoms with E-state index in [0.717, 1.165) is 11.3 Å². The maximum Gasteiger partial charge on any atom is 0.111 e. The van der Waals surface area contributed by atoms with Crippen molar-refractivity contribution in [3.63, 3.8) is 0 Å². The Bertz CT molecular complexity index is 169. The molecule has 1 nitrogen and oxygen atoms in total. The maximum atomic E-state index is 8.91. The molecular formula is C7H8OS. The third kappa shape index (κ3) is 1.98. The van der Waals surface area contributed by atoms with Gasteiger partial charge in [-0.15, -0.1) is 12.6 Å². The van der Waals surface area contributed by atoms with Gasteiger partial charge in [0, 0.05) is 4.91 Å². The molecule has 1 N–H and O–H groups in total. The van der Waals surface area contributed by atoms with Crippen molar-refractivity contribution in [2.75, 3.05) is 0 Å². The number of hydrogen-bond donors (Lipinski definition) is 2. The van der Waals surface area contributed by atoms with Crippen LogP contribution in [0.4, 0.5) is 0 Å². The summed E-state index contributed by atoms with van der Waals surface area (Å²) in [4.78, 5) is 0.898. The predicted molar refractivity (Wildman–Crippen MR) is 41.5 cm³/mol. The number of thiol groups is 1. The summed E-state index contributed by atoms with van der Waals surface area (Å²) in [6, 6.07) is 0. The molecule has 9 heavy (non-hydrogen) atoms. The summed E-state index contributed by atoms with van der Waals surface area (Å²) in [5.41, 5.74) is 0. The molecule has 0 fully saturated rings. The van der Waals surface area contributed by atoms with E-state index in [4.69, 9.17) is 5.11 Å². The highest BCUT2D eigenvalue weighted by atomic mass is 32.1. The fourth-order valence-corrected chi connectivity index (χ4v) is 0.787. The Labute approximate surface area is 59.8 Å². The van der Waals surface area contributed by atoms with Crippen molar-refractivity contribution in [1.29, 1.82) is 0 Å². The van der Waals surface area contributed by atoms with E-state index in [-0.39, 0.29) is 0 Å². The van der Waals surface area contributed by atoms with E-state index in [1.54, 1.807) is 18.2 Å². The lowest BCUT2D eigenvalue weighted by Gasteiger charge is -1.83. The van der Waals surface area contributed by atoms with Crippen LogP contribution in [0, 0.1) is 0 Å². The van der Waals surface area contributed by atoms with Crippen LogP contribution < -0.4 is 0 Å². The van der Waals surface area contributed by atoms with Gasteiger partial charge in [0.15, 0.2) is 0 Å². The molecule has 0 unspecified atom stereocenters. The summed E-state index contributed by atoms with van der Waals surface area (Å²) in [6.07, 6.45) is 7.83. The first-order chi connectivity index (χ1) is 4.29. The molecule has 1 aliphatic rings. The Morgan fingerprint density at radius 1 is 1.33 bits per heavy atom. The topological polar surface area (TPSA) is 20.2 Å². The highest BCUT2D eigenvalue weighted by Crippen LogP contribution is 2.10. The van der Waals surface area contributed by atoms with Gasteiger partial charge in [0.25, 0.3) is 0 Å². The molecule has 0 amide bonds. The standard InChI is InChI=1S/C7H8OS/c8-6-2-1-3-7(9)5-4-6/h2-5,8-9H,1H2. The zero-order valence-corrected chi connectivity index (χ0v) is 5.81. The minimum atomic E-state index is 0.315. The number of aliphatic hydroxyl groups excluding tert-OH is 1. The number of rotatable bonds is 0. The van der Waals surface area contributed by atoms with Crippen LogP contribution >= 0.6 is 12.6 Å². The second kappa shape index (κ2) is 2.78. The van der Waals surface area contributed by atoms with Gasteiger partial charge in [0.2, 0.25) is 0 Å². The van der Waals surface area contributed by atoms with Gasteiger partial charge in [-0.25, -0.2) is 0 Å². The molecule has 0 heterocycles. The SMILES string of the molecule is OC1=CCC=C(S)C=C1. The van der Waals surface area contributed by atoms with E-state index >= 15 is 0 Å². The molecule has 0 atom stereocenters. The third-order valence-corrected chi connectivity index (χ3v) is 1.41. The molecule has 0 bridgehead atoms. The summed E-state index contributed by atoms with van der Waals surface area (Å²) in [6.45, 7) is 0. The molecular weight excluding hydrogens is 132 g/mol. The molecule has 0 spiro atoms. The van der Waals surface area contributed by atoms with Crippen molar-refractivity contribution in [2.24, 2.45) is 0 Å². The average Bonchev–Trinajstić information content (AvgIpc) is 1.97. The number of hydrogen-bond acceptors (Lipinski definition) is 2. The Kier molecular flexibility index (Phi) is 2.01. The summed E-state index contributed by atoms with van der Waals surface area (Å²) in [5, 5.41) is 8.91. The van der Waals surface area contributed by atoms with Gasteiger partial charge >= 0.3 is 0 Å². The monoisotopic (exact) mass is 140 g/mol. The molecule has 0 aromatic heterocycles. The quantitative estimate of drug-likeness (QED) is 0.494. The molecule has 0 aromatic rings. The highest BCUT2D eigenvalue weighted by molar-refractivity contribution is 7.84. The summed E-state index contributed by atoms with van der Waals surface area (Å²) in [7, 11) is 0. The lowest BCUT2D eigenvalue weighted by molar-refractivity contribution is 0.431. The molecule has 48 valence electrons. The van der Waals surface area contributed by atoms with Gasteiger partial charge in [-0.1, -0.05) is 6.08 Å². The summed E-state index contributed by atoms with van der Waals surface area (Å²) < 4.78 is 0. The summed E-state index contributed by atoms with van der Waals surface area (Å²) >= 11 is 4.10. The van der Waals surface area contributed by atoms with Crippen LogP contribution in [0.2, 0.25) is 0 Å². The largest absolute Gasteiger partial charge is 0.508 e. The molecule has 0 radical (unpaired) electrons. The van der Waals surface area contributed by atoms with Crippen molar-refractivity contribution < 1.29 is 5.11 Å². The average molecular weight is 140 g/mol. The van der Waals surface area contributed by atoms with Crippen LogP contribution in [0.1, 0.15) is 6.42 Å². The summed E-state index contributed by atoms with van der Waals surface area (Å²) in [5.74, 6) is 0.315. The second-order valence-corrected chi connectivity index (χ2v) is 2.34. The van der Waals surface area contributed by atoms with E-state index in [0.29, 0.717) is 5.76 Å². The zero-order chi connectivity index (χ0) is 6.69. The van der Waals surface area contributed by atoms with Crippen LogP contribution in [0.5, 0.6) is 0 Å². The smallest absolute Gasteiger partial charge is 0.111 e. The van der Waals surface area contributed by atoms with Crippen LogP contribution in [-0.4, -0.2) is 5.11 Å². The lowest BCUT2D eigenvalue weighted by atomic mass is 10.4. The molecule has 2 heteroatoms. The van der Waals surface area contributed by atoms with Crippen molar-refractivity contribution in [3.05, 3.63) is 35.0 Å². The normalized spacial score (nSPS) is 18.3. The van der Waals surface area contributed by atoms with Crippen LogP contribution in [0.15, 0.2) is 35.0 Å². The number of allylic oxidation sites excluding steroid dienone is 4. The van der Waals surface area contributed by atoms with Gasteiger partial charge in [0.05, 0.1) is 0 Å². The van der Waals surface area contributed by atoms with Crippen LogP contribution in [0.3, 0.4) is 0 Å². The van der Waals surface area contributed by atoms with Crippen LogP contribution in [0.25, 0.3) is 0 Å². The first-order valence-electron chi connectivity index (χ1n) is 2.75. The molecule has 1 aliphatic carbocycles. The van der Waals surface area contributed by atoms with Gasteiger partial charge in [-0.2, -0.15) is 0 Å². The van der Waals surface area contributed by atoms with Crippen molar-refractivity contribution in [1.82, 2.24) is 0 Å². The Morgan fingerprint density at radius 2 is 2.11 bits per heavy atom. The maximum absolute atomic E-state index is 8.91. The van der Waals surface area contributed by atoms with Gasteiger partial charge in [-0.3, -0.25) is 0 Å². The van der Waals surface area contributed by atoms with Crippen molar-refractivity contribution in [2.45, 2.75) is 6.42 Å². The first kappa shape index (κ1) is 6.49. The fraction of sp³-hybridized carbons (Fsp3) is 0.143. The third-order valence-electron chi connectivity index (χ3n) is 1.08. The Morgan fingerprint density at radius 3 is 2.89 bits per heavy atom. The van der Waals surface area contributed by atoms with Crippen molar-refractivity contribution in [3.8, 4) is 0 Å². The minimum absolute atomic E-state index is 0.315. The highest BCUT2D eigenvalue weighted by Gasteiger charge is 1.90. The van der Waals surface area contributed by atoms with E-state index in [1.807, 2.05) is 6.08 Å². The number of aliphatic hydroxyl groups is 1. The molecule has 1 rings (SSSR count). The Balaban J connectivity index is 2.75.